The largest absolute Gasteiger partial charge is 0.349 e. The van der Waals surface area contributed by atoms with Gasteiger partial charge in [0, 0.05) is 39.1 Å². The minimum Gasteiger partial charge on any atom is -0.349 e. The van der Waals surface area contributed by atoms with E-state index >= 15 is 0 Å². The van der Waals surface area contributed by atoms with Gasteiger partial charge in [-0.1, -0.05) is 0 Å². The summed E-state index contributed by atoms with van der Waals surface area (Å²) in [5.74, 6) is -0.226. The third-order valence-corrected chi connectivity index (χ3v) is 6.09. The molecule has 8 heteroatoms. The molecule has 3 N–H and O–H groups in total. The van der Waals surface area contributed by atoms with Crippen LogP contribution in [-0.4, -0.2) is 75.2 Å². The molecule has 0 spiro atoms. The molecule has 1 aliphatic heterocycles. The fourth-order valence-corrected chi connectivity index (χ4v) is 4.07. The molecule has 0 aromatic carbocycles. The molecule has 7 nitrogen and oxygen atoms in total. The van der Waals surface area contributed by atoms with E-state index in [9.17, 15) is 13.2 Å². The number of carbonyl (C=O) groups excluding carboxylic acids is 1. The number of amides is 1. The van der Waals surface area contributed by atoms with Gasteiger partial charge in [-0.3, -0.25) is 4.79 Å². The zero-order valence-corrected chi connectivity index (χ0v) is 14.9. The summed E-state index contributed by atoms with van der Waals surface area (Å²) in [6.45, 7) is 5.99. The molecule has 0 aliphatic carbocycles. The maximum atomic E-state index is 12.4. The minimum atomic E-state index is -3.58. The van der Waals surface area contributed by atoms with E-state index in [2.05, 4.69) is 23.5 Å². The summed E-state index contributed by atoms with van der Waals surface area (Å²) in [5.41, 5.74) is 5.58. The molecule has 1 rings (SSSR count). The maximum absolute atomic E-state index is 12.4. The Kier molecular flexibility index (Phi) is 7.24. The van der Waals surface area contributed by atoms with Crippen LogP contribution in [0.1, 0.15) is 33.1 Å². The molecule has 1 unspecified atom stereocenters. The Balaban J connectivity index is 2.60. The van der Waals surface area contributed by atoms with Gasteiger partial charge in [0.1, 0.15) is 0 Å². The molecule has 0 radical (unpaired) electrons. The highest BCUT2D eigenvalue weighted by molar-refractivity contribution is 7.90. The predicted octanol–water partition coefficient (Wildman–Crippen LogP) is -0.416. The molecular formula is C14H30N4O3S. The van der Waals surface area contributed by atoms with Gasteiger partial charge in [0.15, 0.2) is 0 Å². The molecule has 1 atom stereocenters. The van der Waals surface area contributed by atoms with Crippen molar-refractivity contribution in [2.45, 2.75) is 50.4 Å². The second-order valence-electron chi connectivity index (χ2n) is 6.42. The summed E-state index contributed by atoms with van der Waals surface area (Å²) in [4.78, 5) is 15.5. The van der Waals surface area contributed by atoms with E-state index in [1.807, 2.05) is 0 Å². The zero-order valence-electron chi connectivity index (χ0n) is 14.1. The number of carbonyl (C=O) groups is 1. The lowest BCUT2D eigenvalue weighted by Crippen LogP contribution is -2.50. The zero-order chi connectivity index (χ0) is 16.9. The van der Waals surface area contributed by atoms with Crippen LogP contribution in [0.15, 0.2) is 0 Å². The first-order chi connectivity index (χ1) is 10.2. The van der Waals surface area contributed by atoms with Crippen LogP contribution < -0.4 is 10.5 Å². The standard InChI is InChI=1S/C14H30N4O3S/c1-11(2)18-7-5-12(6-8-18)16-22(20,21)13(10-15)9-14(19)17(3)4/h11-13,16H,5-10,15H2,1-4H3. The van der Waals surface area contributed by atoms with Crippen molar-refractivity contribution in [2.75, 3.05) is 33.7 Å². The number of nitrogens with one attached hydrogen (secondary N) is 1. The van der Waals surface area contributed by atoms with Crippen molar-refractivity contribution in [1.29, 1.82) is 0 Å². The van der Waals surface area contributed by atoms with E-state index in [4.69, 9.17) is 5.73 Å². The van der Waals surface area contributed by atoms with Crippen molar-refractivity contribution in [3.05, 3.63) is 0 Å². The first kappa shape index (κ1) is 19.3. The summed E-state index contributed by atoms with van der Waals surface area (Å²) in [7, 11) is -0.362. The number of rotatable bonds is 7. The lowest BCUT2D eigenvalue weighted by molar-refractivity contribution is -0.128. The summed E-state index contributed by atoms with van der Waals surface area (Å²) in [6.07, 6.45) is 1.50. The maximum Gasteiger partial charge on any atom is 0.223 e. The fourth-order valence-electron chi connectivity index (χ4n) is 2.56. The van der Waals surface area contributed by atoms with E-state index in [-0.39, 0.29) is 24.9 Å². The number of hydrogen-bond donors (Lipinski definition) is 2. The third-order valence-electron chi connectivity index (χ3n) is 4.19. The number of piperidine rings is 1. The van der Waals surface area contributed by atoms with Gasteiger partial charge in [0.05, 0.1) is 5.25 Å². The van der Waals surface area contributed by atoms with Crippen LogP contribution in [0.4, 0.5) is 0 Å². The van der Waals surface area contributed by atoms with Gasteiger partial charge in [-0.05, 0) is 39.8 Å². The molecule has 0 aromatic heterocycles. The highest BCUT2D eigenvalue weighted by Gasteiger charge is 2.31. The van der Waals surface area contributed by atoms with E-state index in [0.29, 0.717) is 6.04 Å². The van der Waals surface area contributed by atoms with Gasteiger partial charge in [0.25, 0.3) is 0 Å². The molecule has 0 bridgehead atoms. The van der Waals surface area contributed by atoms with E-state index < -0.39 is 15.3 Å². The minimum absolute atomic E-state index is 0.0558. The first-order valence-corrected chi connectivity index (χ1v) is 9.37. The quantitative estimate of drug-likeness (QED) is 0.659. The number of nitrogens with zero attached hydrogens (tertiary/aromatic N) is 2. The van der Waals surface area contributed by atoms with Crippen LogP contribution in [0.2, 0.25) is 0 Å². The average Bonchev–Trinajstić information content (AvgIpc) is 2.44. The summed E-state index contributed by atoms with van der Waals surface area (Å²) in [6, 6.07) is 0.413. The smallest absolute Gasteiger partial charge is 0.223 e. The number of nitrogens with two attached hydrogens (primary N) is 1. The van der Waals surface area contributed by atoms with Gasteiger partial charge >= 0.3 is 0 Å². The van der Waals surface area contributed by atoms with Crippen molar-refractivity contribution >= 4 is 15.9 Å². The SMILES string of the molecule is CC(C)N1CCC(NS(=O)(=O)C(CN)CC(=O)N(C)C)CC1. The predicted molar refractivity (Wildman–Crippen MR) is 87.9 cm³/mol. The van der Waals surface area contributed by atoms with Crippen molar-refractivity contribution in [3.8, 4) is 0 Å². The molecule has 22 heavy (non-hydrogen) atoms. The summed E-state index contributed by atoms with van der Waals surface area (Å²) >= 11 is 0. The molecule has 130 valence electrons. The average molecular weight is 334 g/mol. The Hall–Kier alpha value is -0.700. The van der Waals surface area contributed by atoms with Crippen molar-refractivity contribution < 1.29 is 13.2 Å². The highest BCUT2D eigenvalue weighted by Crippen LogP contribution is 2.15. The van der Waals surface area contributed by atoms with E-state index in [1.165, 1.54) is 4.90 Å². The molecule has 1 aliphatic rings. The summed E-state index contributed by atoms with van der Waals surface area (Å²) < 4.78 is 27.6. The lowest BCUT2D eigenvalue weighted by Gasteiger charge is -2.35. The van der Waals surface area contributed by atoms with E-state index in [1.54, 1.807) is 14.1 Å². The van der Waals surface area contributed by atoms with Gasteiger partial charge in [-0.15, -0.1) is 0 Å². The van der Waals surface area contributed by atoms with Crippen LogP contribution in [0.5, 0.6) is 0 Å². The van der Waals surface area contributed by atoms with Crippen LogP contribution in [0, 0.1) is 0 Å². The molecule has 1 heterocycles. The third kappa shape index (κ3) is 5.49. The van der Waals surface area contributed by atoms with E-state index in [0.717, 1.165) is 25.9 Å². The van der Waals surface area contributed by atoms with Gasteiger partial charge in [0.2, 0.25) is 15.9 Å². The van der Waals surface area contributed by atoms with Crippen LogP contribution >= 0.6 is 0 Å². The second-order valence-corrected chi connectivity index (χ2v) is 8.41. The molecule has 0 aromatic rings. The molecule has 1 amide bonds. The van der Waals surface area contributed by atoms with Crippen molar-refractivity contribution in [1.82, 2.24) is 14.5 Å². The Morgan fingerprint density at radius 1 is 1.32 bits per heavy atom. The van der Waals surface area contributed by atoms with Crippen LogP contribution in [0.25, 0.3) is 0 Å². The summed E-state index contributed by atoms with van der Waals surface area (Å²) in [5, 5.41) is -0.870. The lowest BCUT2D eigenvalue weighted by atomic mass is 10.1. The van der Waals surface area contributed by atoms with Crippen molar-refractivity contribution in [3.63, 3.8) is 0 Å². The van der Waals surface area contributed by atoms with Crippen LogP contribution in [0.3, 0.4) is 0 Å². The highest BCUT2D eigenvalue weighted by atomic mass is 32.2. The van der Waals surface area contributed by atoms with Gasteiger partial charge < -0.3 is 15.5 Å². The first-order valence-electron chi connectivity index (χ1n) is 7.82. The Morgan fingerprint density at radius 2 is 1.86 bits per heavy atom. The molecular weight excluding hydrogens is 304 g/mol. The number of likely N-dealkylation sites (tertiary alicyclic amines) is 1. The van der Waals surface area contributed by atoms with Crippen LogP contribution in [-0.2, 0) is 14.8 Å². The number of sulfonamides is 1. The Bertz CT molecular complexity index is 457. The second kappa shape index (κ2) is 8.24. The van der Waals surface area contributed by atoms with Gasteiger partial charge in [-0.25, -0.2) is 13.1 Å². The van der Waals surface area contributed by atoms with Gasteiger partial charge in [-0.2, -0.15) is 0 Å². The molecule has 0 saturated carbocycles. The van der Waals surface area contributed by atoms with Crippen molar-refractivity contribution in [2.24, 2.45) is 5.73 Å². The number of hydrogen-bond acceptors (Lipinski definition) is 5. The monoisotopic (exact) mass is 334 g/mol. The molecule has 1 fully saturated rings. The Morgan fingerprint density at radius 3 is 2.27 bits per heavy atom. The topological polar surface area (TPSA) is 95.7 Å². The Labute approximate surface area is 134 Å². The fraction of sp³-hybridized carbons (Fsp3) is 0.929. The normalized spacial score (nSPS) is 19.4. The molecule has 1 saturated heterocycles.